The molecule has 2 N–H and O–H groups in total. The average Bonchev–Trinajstić information content (AvgIpc) is 2.59. The van der Waals surface area contributed by atoms with Crippen LogP contribution < -0.4 is 0 Å². The number of aliphatic hydroxyl groups excluding tert-OH is 1. The van der Waals surface area contributed by atoms with Gasteiger partial charge in [0.25, 0.3) is 0 Å². The van der Waals surface area contributed by atoms with E-state index in [2.05, 4.69) is 27.7 Å². The molecule has 0 radical (unpaired) electrons. The van der Waals surface area contributed by atoms with Crippen LogP contribution in [0.25, 0.3) is 0 Å². The molecule has 3 aliphatic carbocycles. The van der Waals surface area contributed by atoms with Crippen molar-refractivity contribution in [2.24, 2.45) is 34.5 Å². The van der Waals surface area contributed by atoms with Crippen molar-refractivity contribution in [3.05, 3.63) is 0 Å². The van der Waals surface area contributed by atoms with Crippen LogP contribution in [-0.4, -0.2) is 21.9 Å². The Hall–Kier alpha value is -0.0800. The zero-order chi connectivity index (χ0) is 12.8. The van der Waals surface area contributed by atoms with E-state index >= 15 is 0 Å². The Balaban J connectivity index is 2.10. The first-order valence-corrected chi connectivity index (χ1v) is 7.06. The van der Waals surface area contributed by atoms with Gasteiger partial charge in [-0.15, -0.1) is 0 Å². The van der Waals surface area contributed by atoms with Gasteiger partial charge in [0, 0.05) is 5.92 Å². The fourth-order valence-corrected chi connectivity index (χ4v) is 6.22. The molecule has 3 fully saturated rings. The molecule has 2 heteroatoms. The Morgan fingerprint density at radius 2 is 1.65 bits per heavy atom. The van der Waals surface area contributed by atoms with Crippen molar-refractivity contribution in [1.29, 1.82) is 0 Å². The summed E-state index contributed by atoms with van der Waals surface area (Å²) in [6.45, 7) is 11.1. The topological polar surface area (TPSA) is 40.5 Å². The Morgan fingerprint density at radius 1 is 1.06 bits per heavy atom. The number of hydrogen-bond donors (Lipinski definition) is 2. The predicted octanol–water partition coefficient (Wildman–Crippen LogP) is 2.44. The Labute approximate surface area is 104 Å². The largest absolute Gasteiger partial charge is 0.390 e. The van der Waals surface area contributed by atoms with Gasteiger partial charge >= 0.3 is 0 Å². The van der Waals surface area contributed by atoms with Crippen LogP contribution in [0.3, 0.4) is 0 Å². The van der Waals surface area contributed by atoms with Crippen LogP contribution in [-0.2, 0) is 0 Å². The first-order chi connectivity index (χ1) is 7.66. The Bertz CT molecular complexity index is 360. The molecule has 0 aromatic carbocycles. The molecule has 2 unspecified atom stereocenters. The average molecular weight is 238 g/mol. The van der Waals surface area contributed by atoms with Crippen molar-refractivity contribution in [3.63, 3.8) is 0 Å². The van der Waals surface area contributed by atoms with E-state index in [9.17, 15) is 10.2 Å². The monoisotopic (exact) mass is 238 g/mol. The fourth-order valence-electron chi connectivity index (χ4n) is 6.22. The molecule has 0 aromatic rings. The minimum absolute atomic E-state index is 0.160. The molecule has 3 rings (SSSR count). The van der Waals surface area contributed by atoms with Crippen LogP contribution in [0.2, 0.25) is 0 Å². The summed E-state index contributed by atoms with van der Waals surface area (Å²) in [7, 11) is 0. The van der Waals surface area contributed by atoms with Gasteiger partial charge in [0.15, 0.2) is 0 Å². The van der Waals surface area contributed by atoms with Crippen molar-refractivity contribution in [3.8, 4) is 0 Å². The maximum Gasteiger partial charge on any atom is 0.0917 e. The normalized spacial score (nSPS) is 64.1. The summed E-state index contributed by atoms with van der Waals surface area (Å²) >= 11 is 0. The molecule has 3 aliphatic rings. The molecule has 0 amide bonds. The molecular weight excluding hydrogens is 212 g/mol. The summed E-state index contributed by atoms with van der Waals surface area (Å²) in [5.41, 5.74) is -0.482. The highest BCUT2D eigenvalue weighted by Crippen LogP contribution is 2.76. The van der Waals surface area contributed by atoms with Crippen LogP contribution in [0.1, 0.15) is 47.5 Å². The Kier molecular flexibility index (Phi) is 2.05. The van der Waals surface area contributed by atoms with Crippen molar-refractivity contribution in [2.45, 2.75) is 59.2 Å². The van der Waals surface area contributed by atoms with Gasteiger partial charge in [-0.3, -0.25) is 0 Å². The molecule has 0 aromatic heterocycles. The first-order valence-electron chi connectivity index (χ1n) is 7.06. The quantitative estimate of drug-likeness (QED) is 0.680. The molecule has 0 spiro atoms. The minimum atomic E-state index is -0.874. The first kappa shape index (κ1) is 12.0. The fraction of sp³-hybridized carbons (Fsp3) is 1.00. The molecule has 0 heterocycles. The lowest BCUT2D eigenvalue weighted by Crippen LogP contribution is -2.68. The van der Waals surface area contributed by atoms with Gasteiger partial charge in [0.1, 0.15) is 0 Å². The van der Waals surface area contributed by atoms with Crippen LogP contribution in [0, 0.1) is 34.5 Å². The van der Waals surface area contributed by atoms with Gasteiger partial charge in [-0.2, -0.15) is 0 Å². The van der Waals surface area contributed by atoms with Crippen LogP contribution >= 0.6 is 0 Å². The summed E-state index contributed by atoms with van der Waals surface area (Å²) < 4.78 is 0. The molecule has 0 saturated heterocycles. The van der Waals surface area contributed by atoms with Crippen molar-refractivity contribution < 1.29 is 10.2 Å². The number of fused-ring (bicyclic) bond motifs is 3. The lowest BCUT2D eigenvalue weighted by atomic mass is 9.51. The van der Waals surface area contributed by atoms with E-state index in [1.807, 2.05) is 6.92 Å². The van der Waals surface area contributed by atoms with Gasteiger partial charge in [-0.05, 0) is 48.3 Å². The molecular formula is C15H26O2. The van der Waals surface area contributed by atoms with E-state index < -0.39 is 11.7 Å². The van der Waals surface area contributed by atoms with Crippen molar-refractivity contribution in [2.75, 3.05) is 0 Å². The molecule has 2 nitrogen and oxygen atoms in total. The second kappa shape index (κ2) is 2.91. The summed E-state index contributed by atoms with van der Waals surface area (Å²) in [5.74, 6) is 1.90. The zero-order valence-electron chi connectivity index (χ0n) is 11.7. The van der Waals surface area contributed by atoms with E-state index in [0.29, 0.717) is 17.8 Å². The third-order valence-corrected chi connectivity index (χ3v) is 7.05. The van der Waals surface area contributed by atoms with Gasteiger partial charge in [0.05, 0.1) is 11.7 Å². The highest BCUT2D eigenvalue weighted by molar-refractivity contribution is 5.26. The number of hydrogen-bond acceptors (Lipinski definition) is 2. The number of rotatable bonds is 0. The highest BCUT2D eigenvalue weighted by Gasteiger charge is 2.77. The molecule has 0 aliphatic heterocycles. The van der Waals surface area contributed by atoms with Crippen LogP contribution in [0.5, 0.6) is 0 Å². The molecule has 7 atom stereocenters. The van der Waals surface area contributed by atoms with Crippen molar-refractivity contribution >= 4 is 0 Å². The second-order valence-corrected chi connectivity index (χ2v) is 7.89. The van der Waals surface area contributed by atoms with Gasteiger partial charge in [-0.1, -0.05) is 27.7 Å². The van der Waals surface area contributed by atoms with Crippen LogP contribution in [0.4, 0.5) is 0 Å². The summed E-state index contributed by atoms with van der Waals surface area (Å²) in [4.78, 5) is 0. The lowest BCUT2D eigenvalue weighted by Gasteiger charge is -2.59. The van der Waals surface area contributed by atoms with Gasteiger partial charge < -0.3 is 10.2 Å². The Morgan fingerprint density at radius 3 is 2.24 bits per heavy atom. The second-order valence-electron chi connectivity index (χ2n) is 7.89. The van der Waals surface area contributed by atoms with Crippen molar-refractivity contribution in [1.82, 2.24) is 0 Å². The van der Waals surface area contributed by atoms with E-state index in [-0.39, 0.29) is 16.7 Å². The zero-order valence-corrected chi connectivity index (χ0v) is 11.7. The third kappa shape index (κ3) is 1.02. The summed E-state index contributed by atoms with van der Waals surface area (Å²) in [6.07, 6.45) is 2.02. The summed E-state index contributed by atoms with van der Waals surface area (Å²) in [6, 6.07) is 0. The van der Waals surface area contributed by atoms with E-state index in [1.165, 1.54) is 12.8 Å². The maximum atomic E-state index is 10.5. The van der Waals surface area contributed by atoms with E-state index in [4.69, 9.17) is 0 Å². The molecule has 0 bridgehead atoms. The predicted molar refractivity (Wildman–Crippen MR) is 67.4 cm³/mol. The van der Waals surface area contributed by atoms with Crippen LogP contribution in [0.15, 0.2) is 0 Å². The molecule has 17 heavy (non-hydrogen) atoms. The molecule has 98 valence electrons. The highest BCUT2D eigenvalue weighted by atomic mass is 16.3. The smallest absolute Gasteiger partial charge is 0.0917 e. The lowest BCUT2D eigenvalue weighted by molar-refractivity contribution is -0.254. The minimum Gasteiger partial charge on any atom is -0.390 e. The standard InChI is InChI=1S/C15H26O2/c1-8-6-7-9-13(2,3)11-10(14(8,9)4)12(16)15(11,5)17/h8-12,16-17H,6-7H2,1-5H3/t8-,9?,10?,11-,12+,14-,15-/m1/s1. The van der Waals surface area contributed by atoms with Gasteiger partial charge in [0.2, 0.25) is 0 Å². The summed E-state index contributed by atoms with van der Waals surface area (Å²) in [5, 5.41) is 20.9. The number of aliphatic hydroxyl groups is 2. The van der Waals surface area contributed by atoms with Gasteiger partial charge in [-0.25, -0.2) is 0 Å². The SMILES string of the molecule is C[C@@H]1CCC2C(C)(C)[C@H]3C([C@H](O)[C@]3(C)O)[C@@]21C. The molecule has 3 saturated carbocycles. The third-order valence-electron chi connectivity index (χ3n) is 7.05. The van der Waals surface area contributed by atoms with E-state index in [0.717, 1.165) is 0 Å². The van der Waals surface area contributed by atoms with E-state index in [1.54, 1.807) is 0 Å². The maximum absolute atomic E-state index is 10.5.